The van der Waals surface area contributed by atoms with Gasteiger partial charge in [-0.05, 0) is 42.0 Å². The number of amidine groups is 1. The maximum atomic E-state index is 7.43. The van der Waals surface area contributed by atoms with Crippen molar-refractivity contribution in [2.24, 2.45) is 4.99 Å². The van der Waals surface area contributed by atoms with Crippen LogP contribution in [0, 0.1) is 5.41 Å². The Morgan fingerprint density at radius 1 is 1.09 bits per heavy atom. The molecule has 4 rings (SSSR count). The Labute approximate surface area is 186 Å². The maximum absolute atomic E-state index is 7.43. The molecular weight excluding hydrogens is 404 g/mol. The second-order valence-electron chi connectivity index (χ2n) is 7.11. The van der Waals surface area contributed by atoms with E-state index in [-0.39, 0.29) is 6.61 Å². The molecule has 0 bridgehead atoms. The lowest BCUT2D eigenvalue weighted by Crippen LogP contribution is -2.21. The van der Waals surface area contributed by atoms with Crippen LogP contribution >= 0.6 is 0 Å². The lowest BCUT2D eigenvalue weighted by Gasteiger charge is -2.18. The molecular formula is C25H24N4O3. The number of nitrogens with one attached hydrogen (secondary N) is 2. The molecule has 1 aliphatic rings. The highest BCUT2D eigenvalue weighted by Crippen LogP contribution is 2.32. The van der Waals surface area contributed by atoms with Gasteiger partial charge in [-0.3, -0.25) is 0 Å². The first kappa shape index (κ1) is 21.0. The zero-order chi connectivity index (χ0) is 22.3. The summed E-state index contributed by atoms with van der Waals surface area (Å²) < 4.78 is 17.4. The van der Waals surface area contributed by atoms with Gasteiger partial charge in [-0.2, -0.15) is 0 Å². The normalized spacial score (nSPS) is 12.8. The molecule has 0 spiro atoms. The van der Waals surface area contributed by atoms with Crippen LogP contribution in [0.2, 0.25) is 0 Å². The van der Waals surface area contributed by atoms with Crippen LogP contribution < -0.4 is 20.5 Å². The summed E-state index contributed by atoms with van der Waals surface area (Å²) in [4.78, 5) is 4.48. The smallest absolute Gasteiger partial charge is 0.162 e. The fraction of sp³-hybridized carbons (Fsp3) is 0.120. The largest absolute Gasteiger partial charge is 0.493 e. The summed E-state index contributed by atoms with van der Waals surface area (Å²) in [6.45, 7) is 0.717. The number of methoxy groups -OCH3 is 1. The molecule has 0 aromatic heterocycles. The molecule has 3 aromatic carbocycles. The van der Waals surface area contributed by atoms with E-state index >= 15 is 0 Å². The maximum Gasteiger partial charge on any atom is 0.162 e. The number of rotatable bonds is 7. The number of hydrogen-bond donors (Lipinski definition) is 3. The van der Waals surface area contributed by atoms with Gasteiger partial charge in [-0.25, -0.2) is 4.99 Å². The van der Waals surface area contributed by atoms with E-state index in [1.165, 1.54) is 6.21 Å². The number of nitrogens with zero attached hydrogens (tertiary/aromatic N) is 1. The van der Waals surface area contributed by atoms with Gasteiger partial charge >= 0.3 is 0 Å². The zero-order valence-corrected chi connectivity index (χ0v) is 17.7. The molecule has 0 atom stereocenters. The summed E-state index contributed by atoms with van der Waals surface area (Å²) in [5.41, 5.74) is 9.74. The molecule has 0 fully saturated rings. The molecule has 3 aromatic rings. The summed E-state index contributed by atoms with van der Waals surface area (Å²) in [6, 6.07) is 21.0. The molecule has 0 saturated heterocycles. The third kappa shape index (κ3) is 4.89. The monoisotopic (exact) mass is 428 g/mol. The molecule has 7 heteroatoms. The summed E-state index contributed by atoms with van der Waals surface area (Å²) in [6.07, 6.45) is 2.89. The fourth-order valence-corrected chi connectivity index (χ4v) is 3.21. The second-order valence-corrected chi connectivity index (χ2v) is 7.11. The third-order valence-electron chi connectivity index (χ3n) is 4.92. The molecule has 1 heterocycles. The predicted octanol–water partition coefficient (Wildman–Crippen LogP) is 4.69. The fourth-order valence-electron chi connectivity index (χ4n) is 3.21. The van der Waals surface area contributed by atoms with E-state index in [0.717, 1.165) is 16.8 Å². The van der Waals surface area contributed by atoms with Gasteiger partial charge in [0.15, 0.2) is 11.5 Å². The minimum atomic E-state index is 0.280. The number of nitrogens with two attached hydrogens (primary N) is 1. The molecule has 4 N–H and O–H groups in total. The average Bonchev–Trinajstić information content (AvgIpc) is 2.85. The summed E-state index contributed by atoms with van der Waals surface area (Å²) in [7, 11) is 1.62. The van der Waals surface area contributed by atoms with Crippen LogP contribution in [-0.2, 0) is 11.3 Å². The molecule has 0 saturated carbocycles. The van der Waals surface area contributed by atoms with Crippen LogP contribution in [0.1, 0.15) is 16.7 Å². The van der Waals surface area contributed by atoms with Crippen LogP contribution in [0.15, 0.2) is 77.9 Å². The van der Waals surface area contributed by atoms with Crippen molar-refractivity contribution >= 4 is 29.2 Å². The van der Waals surface area contributed by atoms with Crippen LogP contribution in [0.25, 0.3) is 5.76 Å². The van der Waals surface area contributed by atoms with Crippen molar-refractivity contribution in [1.29, 1.82) is 5.41 Å². The molecule has 0 unspecified atom stereocenters. The van der Waals surface area contributed by atoms with E-state index in [4.69, 9.17) is 25.4 Å². The number of aliphatic imine (C=N–C) groups is 1. The number of nitrogen functional groups attached to an aromatic ring is 1. The Morgan fingerprint density at radius 3 is 2.66 bits per heavy atom. The Kier molecular flexibility index (Phi) is 6.36. The van der Waals surface area contributed by atoms with Crippen molar-refractivity contribution in [3.8, 4) is 11.5 Å². The minimum Gasteiger partial charge on any atom is -0.493 e. The van der Waals surface area contributed by atoms with Crippen LogP contribution in [0.4, 0.5) is 11.4 Å². The van der Waals surface area contributed by atoms with Gasteiger partial charge in [0.1, 0.15) is 24.8 Å². The first-order valence-electron chi connectivity index (χ1n) is 10.1. The molecule has 0 amide bonds. The Morgan fingerprint density at radius 2 is 1.94 bits per heavy atom. The predicted molar refractivity (Wildman–Crippen MR) is 127 cm³/mol. The van der Waals surface area contributed by atoms with Crippen molar-refractivity contribution in [3.63, 3.8) is 0 Å². The molecule has 0 radical (unpaired) electrons. The average molecular weight is 428 g/mol. The van der Waals surface area contributed by atoms with Crippen molar-refractivity contribution in [1.82, 2.24) is 0 Å². The Bertz CT molecular complexity index is 1170. The summed E-state index contributed by atoms with van der Waals surface area (Å²) in [5, 5.41) is 10.6. The Balaban J connectivity index is 1.49. The van der Waals surface area contributed by atoms with Gasteiger partial charge in [-0.15, -0.1) is 0 Å². The highest BCUT2D eigenvalue weighted by atomic mass is 16.5. The number of anilines is 2. The molecule has 7 nitrogen and oxygen atoms in total. The van der Waals surface area contributed by atoms with Gasteiger partial charge in [0.05, 0.1) is 13.3 Å². The summed E-state index contributed by atoms with van der Waals surface area (Å²) in [5.74, 6) is 2.58. The van der Waals surface area contributed by atoms with Crippen molar-refractivity contribution in [2.75, 3.05) is 24.8 Å². The molecule has 1 aliphatic heterocycles. The Hall–Kier alpha value is -4.26. The van der Waals surface area contributed by atoms with Gasteiger partial charge in [-0.1, -0.05) is 30.3 Å². The highest BCUT2D eigenvalue weighted by Gasteiger charge is 2.14. The van der Waals surface area contributed by atoms with Crippen molar-refractivity contribution < 1.29 is 14.2 Å². The van der Waals surface area contributed by atoms with E-state index in [2.05, 4.69) is 10.3 Å². The number of ether oxygens (including phenoxy) is 3. The van der Waals surface area contributed by atoms with Gasteiger partial charge in [0.2, 0.25) is 0 Å². The second kappa shape index (κ2) is 9.70. The molecule has 32 heavy (non-hydrogen) atoms. The first-order valence-corrected chi connectivity index (χ1v) is 10.1. The standard InChI is InChI=1S/C25H24N4O3/c1-30-22-10-7-18(12-23(22)31-15-17-5-3-2-4-6-17)24-14-28-25(16-32-24)29-20-8-9-21(27)19(11-20)13-26/h2-14,26H,15-16,27H2,1H3,(H,28,29). The lowest BCUT2D eigenvalue weighted by molar-refractivity contribution is 0.283. The van der Waals surface area contributed by atoms with Crippen LogP contribution in [-0.4, -0.2) is 25.8 Å². The minimum absolute atomic E-state index is 0.280. The first-order chi connectivity index (χ1) is 15.7. The van der Waals surface area contributed by atoms with E-state index in [9.17, 15) is 0 Å². The van der Waals surface area contributed by atoms with E-state index < -0.39 is 0 Å². The van der Waals surface area contributed by atoms with Gasteiger partial charge < -0.3 is 30.7 Å². The van der Waals surface area contributed by atoms with Gasteiger partial charge in [0, 0.05) is 28.7 Å². The number of benzene rings is 3. The quantitative estimate of drug-likeness (QED) is 0.374. The SMILES string of the molecule is COc1ccc(C2=CN=C(Nc3ccc(N)c(C=N)c3)CO2)cc1OCc1ccccc1. The van der Waals surface area contributed by atoms with Crippen LogP contribution in [0.3, 0.4) is 0 Å². The van der Waals surface area contributed by atoms with Crippen LogP contribution in [0.5, 0.6) is 11.5 Å². The van der Waals surface area contributed by atoms with Crippen molar-refractivity contribution in [3.05, 3.63) is 89.6 Å². The molecule has 162 valence electrons. The molecule has 0 aliphatic carbocycles. The van der Waals surface area contributed by atoms with Gasteiger partial charge in [0.25, 0.3) is 0 Å². The summed E-state index contributed by atoms with van der Waals surface area (Å²) >= 11 is 0. The van der Waals surface area contributed by atoms with E-state index in [1.54, 1.807) is 25.4 Å². The van der Waals surface area contributed by atoms with E-state index in [1.807, 2.05) is 54.6 Å². The zero-order valence-electron chi connectivity index (χ0n) is 17.7. The topological polar surface area (TPSA) is 102 Å². The number of hydrogen-bond acceptors (Lipinski definition) is 7. The highest BCUT2D eigenvalue weighted by molar-refractivity contribution is 5.99. The van der Waals surface area contributed by atoms with Crippen molar-refractivity contribution in [2.45, 2.75) is 6.61 Å². The third-order valence-corrected chi connectivity index (χ3v) is 4.92. The lowest BCUT2D eigenvalue weighted by atomic mass is 10.1. The van der Waals surface area contributed by atoms with E-state index in [0.29, 0.717) is 41.0 Å².